The topological polar surface area (TPSA) is 58.1 Å². The molecular formula is C21H15F9N2O2. The van der Waals surface area contributed by atoms with E-state index in [2.05, 4.69) is 5.10 Å². The molecule has 0 aliphatic heterocycles. The number of aromatic hydroxyl groups is 1. The molecule has 0 aliphatic rings. The zero-order valence-corrected chi connectivity index (χ0v) is 17.1. The maximum atomic E-state index is 13.3. The molecule has 1 aromatic heterocycles. The maximum absolute atomic E-state index is 13.3. The summed E-state index contributed by atoms with van der Waals surface area (Å²) in [7, 11) is 0. The number of rotatable bonds is 5. The lowest BCUT2D eigenvalue weighted by Gasteiger charge is -2.18. The molecule has 0 saturated heterocycles. The number of hydrogen-bond acceptors (Lipinski definition) is 3. The van der Waals surface area contributed by atoms with Gasteiger partial charge < -0.3 is 9.84 Å². The van der Waals surface area contributed by atoms with Crippen LogP contribution in [0.25, 0.3) is 22.4 Å². The Morgan fingerprint density at radius 1 is 0.853 bits per heavy atom. The largest absolute Gasteiger partial charge is 0.506 e. The molecule has 0 unspecified atom stereocenters. The van der Waals surface area contributed by atoms with Crippen LogP contribution in [0.15, 0.2) is 36.4 Å². The van der Waals surface area contributed by atoms with Gasteiger partial charge in [-0.15, -0.1) is 0 Å². The maximum Gasteiger partial charge on any atom is 0.432 e. The zero-order chi connectivity index (χ0) is 25.5. The van der Waals surface area contributed by atoms with Crippen LogP contribution >= 0.6 is 0 Å². The lowest BCUT2D eigenvalue weighted by molar-refractivity contribution is -0.143. The molecule has 2 N–H and O–H groups in total. The molecule has 0 bridgehead atoms. The minimum absolute atomic E-state index is 0.00248. The summed E-state index contributed by atoms with van der Waals surface area (Å²) in [6, 6.07) is 3.45. The summed E-state index contributed by atoms with van der Waals surface area (Å²) in [4.78, 5) is 0. The third-order valence-electron chi connectivity index (χ3n) is 4.64. The highest BCUT2D eigenvalue weighted by Crippen LogP contribution is 2.47. The number of halogens is 9. The van der Waals surface area contributed by atoms with Gasteiger partial charge in [0.2, 0.25) is 0 Å². The Labute approximate surface area is 186 Å². The summed E-state index contributed by atoms with van der Waals surface area (Å²) in [5.41, 5.74) is -6.59. The van der Waals surface area contributed by atoms with Crippen LogP contribution in [0, 0.1) is 0 Å². The number of phenolic OH excluding ortho intramolecular Hbond substituents is 1. The molecule has 0 fully saturated rings. The van der Waals surface area contributed by atoms with E-state index in [1.165, 1.54) is 0 Å². The van der Waals surface area contributed by atoms with Crippen molar-refractivity contribution in [3.05, 3.63) is 53.2 Å². The lowest BCUT2D eigenvalue weighted by atomic mass is 9.95. The van der Waals surface area contributed by atoms with Crippen molar-refractivity contribution in [2.45, 2.75) is 31.9 Å². The molecule has 3 aromatic rings. The van der Waals surface area contributed by atoms with E-state index in [0.29, 0.717) is 24.6 Å². The minimum atomic E-state index is -5.16. The third-order valence-corrected chi connectivity index (χ3v) is 4.64. The molecule has 1 heterocycles. The summed E-state index contributed by atoms with van der Waals surface area (Å²) in [5.74, 6) is -1.16. The first kappa shape index (κ1) is 25.2. The Hall–Kier alpha value is -3.38. The number of H-pyrrole nitrogens is 1. The van der Waals surface area contributed by atoms with Crippen LogP contribution in [-0.4, -0.2) is 21.9 Å². The molecule has 0 spiro atoms. The van der Waals surface area contributed by atoms with Crippen LogP contribution in [0.4, 0.5) is 39.5 Å². The third kappa shape index (κ3) is 5.23. The number of aromatic amines is 1. The highest BCUT2D eigenvalue weighted by molar-refractivity contribution is 5.85. The second-order valence-electron chi connectivity index (χ2n) is 7.14. The van der Waals surface area contributed by atoms with Gasteiger partial charge in [-0.25, -0.2) is 0 Å². The number of nitrogens with one attached hydrogen (secondary N) is 1. The van der Waals surface area contributed by atoms with Crippen molar-refractivity contribution in [2.24, 2.45) is 0 Å². The number of aromatic nitrogens is 2. The summed E-state index contributed by atoms with van der Waals surface area (Å²) in [6.07, 6.45) is -14.7. The molecule has 34 heavy (non-hydrogen) atoms. The second kappa shape index (κ2) is 8.76. The quantitative estimate of drug-likeness (QED) is 0.363. The van der Waals surface area contributed by atoms with Gasteiger partial charge in [-0.05, 0) is 48.4 Å². The Kier molecular flexibility index (Phi) is 6.51. The highest BCUT2D eigenvalue weighted by atomic mass is 19.4. The molecule has 184 valence electrons. The van der Waals surface area contributed by atoms with Crippen molar-refractivity contribution in [3.63, 3.8) is 0 Å². The standard InChI is InChI=1S/C21H15F9N2O2/c1-2-5-34-15-4-3-13(14-9-16(32-31-14)21(28,29)30)18(33)17(15)10-6-11(19(22,23)24)8-12(7-10)20(25,26)27/h3-4,6-9,33H,2,5H2,1H3,(H,31,32). The number of ether oxygens (including phenoxy) is 1. The lowest BCUT2D eigenvalue weighted by Crippen LogP contribution is -2.11. The average Bonchev–Trinajstić information content (AvgIpc) is 3.21. The molecule has 0 saturated carbocycles. The van der Waals surface area contributed by atoms with Crippen LogP contribution < -0.4 is 4.74 Å². The van der Waals surface area contributed by atoms with Crippen molar-refractivity contribution in [1.29, 1.82) is 0 Å². The monoisotopic (exact) mass is 498 g/mol. The summed E-state index contributed by atoms with van der Waals surface area (Å²) < 4.78 is 124. The van der Waals surface area contributed by atoms with Gasteiger partial charge in [0.05, 0.1) is 29.0 Å². The van der Waals surface area contributed by atoms with Crippen molar-refractivity contribution in [3.8, 4) is 33.9 Å². The van der Waals surface area contributed by atoms with E-state index in [1.807, 2.05) is 0 Å². The highest BCUT2D eigenvalue weighted by Gasteiger charge is 2.38. The molecule has 0 radical (unpaired) electrons. The first-order valence-corrected chi connectivity index (χ1v) is 9.54. The van der Waals surface area contributed by atoms with Gasteiger partial charge in [0.15, 0.2) is 0 Å². The fourth-order valence-corrected chi connectivity index (χ4v) is 3.09. The number of nitrogens with zero attached hydrogens (tertiary/aromatic N) is 1. The van der Waals surface area contributed by atoms with Crippen LogP contribution in [0.5, 0.6) is 11.5 Å². The van der Waals surface area contributed by atoms with Crippen LogP contribution in [0.2, 0.25) is 0 Å². The normalized spacial score (nSPS) is 12.8. The summed E-state index contributed by atoms with van der Waals surface area (Å²) in [6.45, 7) is 1.68. The molecule has 4 nitrogen and oxygen atoms in total. The van der Waals surface area contributed by atoms with Gasteiger partial charge in [0.25, 0.3) is 0 Å². The molecule has 0 amide bonds. The van der Waals surface area contributed by atoms with Gasteiger partial charge >= 0.3 is 18.5 Å². The first-order chi connectivity index (χ1) is 15.6. The van der Waals surface area contributed by atoms with E-state index in [1.54, 1.807) is 12.0 Å². The predicted molar refractivity (Wildman–Crippen MR) is 102 cm³/mol. The van der Waals surface area contributed by atoms with E-state index in [9.17, 15) is 44.6 Å². The Balaban J connectivity index is 2.29. The van der Waals surface area contributed by atoms with Crippen LogP contribution in [-0.2, 0) is 18.5 Å². The van der Waals surface area contributed by atoms with Gasteiger partial charge in [0, 0.05) is 5.56 Å². The fourth-order valence-electron chi connectivity index (χ4n) is 3.09. The molecule has 13 heteroatoms. The Bertz CT molecular complexity index is 1150. The first-order valence-electron chi connectivity index (χ1n) is 9.54. The number of hydrogen-bond donors (Lipinski definition) is 2. The molecule has 0 aliphatic carbocycles. The van der Waals surface area contributed by atoms with Crippen molar-refractivity contribution in [1.82, 2.24) is 10.2 Å². The summed E-state index contributed by atoms with van der Waals surface area (Å²) >= 11 is 0. The minimum Gasteiger partial charge on any atom is -0.506 e. The zero-order valence-electron chi connectivity index (χ0n) is 17.1. The average molecular weight is 498 g/mol. The summed E-state index contributed by atoms with van der Waals surface area (Å²) in [5, 5.41) is 16.0. The molecule has 3 rings (SSSR count). The van der Waals surface area contributed by atoms with Crippen molar-refractivity contribution >= 4 is 0 Å². The fraction of sp³-hybridized carbons (Fsp3) is 0.286. The molecule has 2 aromatic carbocycles. The number of phenols is 1. The Morgan fingerprint density at radius 3 is 1.91 bits per heavy atom. The van der Waals surface area contributed by atoms with Gasteiger partial charge in [-0.3, -0.25) is 5.10 Å². The smallest absolute Gasteiger partial charge is 0.432 e. The van der Waals surface area contributed by atoms with E-state index < -0.39 is 57.9 Å². The predicted octanol–water partition coefficient (Wildman–Crippen LogP) is 7.29. The van der Waals surface area contributed by atoms with Crippen molar-refractivity contribution in [2.75, 3.05) is 6.61 Å². The van der Waals surface area contributed by atoms with E-state index in [4.69, 9.17) is 4.74 Å². The second-order valence-corrected chi connectivity index (χ2v) is 7.14. The number of alkyl halides is 9. The number of benzene rings is 2. The van der Waals surface area contributed by atoms with Gasteiger partial charge in [-0.2, -0.15) is 44.6 Å². The molecule has 0 atom stereocenters. The van der Waals surface area contributed by atoms with E-state index in [0.717, 1.165) is 12.1 Å². The Morgan fingerprint density at radius 2 is 1.44 bits per heavy atom. The van der Waals surface area contributed by atoms with Crippen LogP contribution in [0.1, 0.15) is 30.2 Å². The van der Waals surface area contributed by atoms with Crippen LogP contribution in [0.3, 0.4) is 0 Å². The van der Waals surface area contributed by atoms with Crippen molar-refractivity contribution < 1.29 is 49.4 Å². The van der Waals surface area contributed by atoms with Gasteiger partial charge in [0.1, 0.15) is 17.2 Å². The van der Waals surface area contributed by atoms with Gasteiger partial charge in [-0.1, -0.05) is 6.92 Å². The van der Waals surface area contributed by atoms with E-state index >= 15 is 0 Å². The SMILES string of the molecule is CCCOc1ccc(-c2cc(C(F)(F)F)[nH]n2)c(O)c1-c1cc(C(F)(F)F)cc(C(F)(F)F)c1. The van der Waals surface area contributed by atoms with E-state index in [-0.39, 0.29) is 24.0 Å². The molecular weight excluding hydrogens is 483 g/mol.